The van der Waals surface area contributed by atoms with E-state index >= 15 is 0 Å². The summed E-state index contributed by atoms with van der Waals surface area (Å²) in [4.78, 5) is 0. The van der Waals surface area contributed by atoms with Gasteiger partial charge in [-0.05, 0) is 82.4 Å². The minimum Gasteiger partial charge on any atom is -0.312 e. The lowest BCUT2D eigenvalue weighted by molar-refractivity contribution is 0.282. The van der Waals surface area contributed by atoms with Gasteiger partial charge in [-0.2, -0.15) is 0 Å². The predicted octanol–water partition coefficient (Wildman–Crippen LogP) is 6.07. The Bertz CT molecular complexity index is 496. The summed E-state index contributed by atoms with van der Waals surface area (Å²) < 4.78 is 14.1. The first-order valence-electron chi connectivity index (χ1n) is 9.26. The highest BCUT2D eigenvalue weighted by Crippen LogP contribution is 2.40. The Labute approximate surface area is 145 Å². The number of hydrogen-bond donors (Lipinski definition) is 1. The van der Waals surface area contributed by atoms with E-state index in [-0.39, 0.29) is 5.82 Å². The van der Waals surface area contributed by atoms with Crippen LogP contribution >= 0.6 is 11.6 Å². The zero-order valence-electron chi connectivity index (χ0n) is 14.2. The van der Waals surface area contributed by atoms with Gasteiger partial charge in [0.25, 0.3) is 0 Å². The van der Waals surface area contributed by atoms with Crippen LogP contribution in [0.3, 0.4) is 0 Å². The lowest BCUT2D eigenvalue weighted by Crippen LogP contribution is -2.40. The van der Waals surface area contributed by atoms with Crippen molar-refractivity contribution in [3.05, 3.63) is 34.6 Å². The number of nitrogens with one attached hydrogen (secondary N) is 1. The summed E-state index contributed by atoms with van der Waals surface area (Å²) in [5.41, 5.74) is 1.14. The van der Waals surface area contributed by atoms with E-state index in [4.69, 9.17) is 11.6 Å². The predicted molar refractivity (Wildman–Crippen MR) is 95.6 cm³/mol. The van der Waals surface area contributed by atoms with Gasteiger partial charge in [0.05, 0.1) is 0 Å². The van der Waals surface area contributed by atoms with E-state index < -0.39 is 0 Å². The van der Waals surface area contributed by atoms with Crippen LogP contribution in [-0.2, 0) is 0 Å². The maximum Gasteiger partial charge on any atom is 0.128 e. The second kappa shape index (κ2) is 7.53. The number of hydrogen-bond acceptors (Lipinski definition) is 1. The Morgan fingerprint density at radius 1 is 1.17 bits per heavy atom. The fourth-order valence-corrected chi connectivity index (χ4v) is 4.87. The minimum atomic E-state index is -0.128. The van der Waals surface area contributed by atoms with Gasteiger partial charge in [0.1, 0.15) is 5.82 Å². The smallest absolute Gasteiger partial charge is 0.128 e. The van der Waals surface area contributed by atoms with Gasteiger partial charge in [-0.15, -0.1) is 0 Å². The van der Waals surface area contributed by atoms with Gasteiger partial charge in [-0.3, -0.25) is 0 Å². The minimum absolute atomic E-state index is 0.128. The van der Waals surface area contributed by atoms with Crippen molar-refractivity contribution in [3.8, 4) is 0 Å². The molecule has 0 saturated heterocycles. The van der Waals surface area contributed by atoms with E-state index in [1.807, 2.05) is 6.07 Å². The normalized spacial score (nSPS) is 27.3. The van der Waals surface area contributed by atoms with E-state index in [2.05, 4.69) is 12.2 Å². The van der Waals surface area contributed by atoms with Gasteiger partial charge in [-0.1, -0.05) is 30.5 Å². The summed E-state index contributed by atoms with van der Waals surface area (Å²) in [5, 5.41) is 4.39. The summed E-state index contributed by atoms with van der Waals surface area (Å²) in [6, 6.07) is 5.06. The van der Waals surface area contributed by atoms with E-state index in [0.717, 1.165) is 30.9 Å². The standard InChI is InChI=1S/C20H29ClFN/c1-20(12-2-3-13-20)23-14-11-15-7-9-16(10-8-15)19-17(21)5-4-6-18(19)22/h4-6,15-16,23H,2-3,7-14H2,1H3. The molecule has 0 aromatic heterocycles. The van der Waals surface area contributed by atoms with E-state index in [0.29, 0.717) is 16.5 Å². The van der Waals surface area contributed by atoms with Crippen LogP contribution < -0.4 is 5.32 Å². The third kappa shape index (κ3) is 4.28. The summed E-state index contributed by atoms with van der Waals surface area (Å²) in [5.74, 6) is 0.964. The van der Waals surface area contributed by atoms with Gasteiger partial charge < -0.3 is 5.32 Å². The van der Waals surface area contributed by atoms with Crippen molar-refractivity contribution in [1.29, 1.82) is 0 Å². The van der Waals surface area contributed by atoms with Crippen molar-refractivity contribution in [2.24, 2.45) is 5.92 Å². The maximum atomic E-state index is 14.1. The molecule has 1 nitrogen and oxygen atoms in total. The lowest BCUT2D eigenvalue weighted by Gasteiger charge is -2.31. The van der Waals surface area contributed by atoms with Crippen LogP contribution in [0.2, 0.25) is 5.02 Å². The Morgan fingerprint density at radius 3 is 2.52 bits per heavy atom. The molecule has 2 fully saturated rings. The molecule has 1 aromatic carbocycles. The molecule has 0 aliphatic heterocycles. The Balaban J connectivity index is 1.45. The molecule has 2 aliphatic rings. The Hall–Kier alpha value is -0.600. The quantitative estimate of drug-likeness (QED) is 0.688. The third-order valence-corrected chi connectivity index (χ3v) is 6.40. The summed E-state index contributed by atoms with van der Waals surface area (Å²) in [6.07, 6.45) is 11.2. The first-order chi connectivity index (χ1) is 11.1. The number of halogens is 2. The molecule has 1 N–H and O–H groups in total. The fourth-order valence-electron chi connectivity index (χ4n) is 4.55. The van der Waals surface area contributed by atoms with Crippen LogP contribution in [0.25, 0.3) is 0 Å². The molecule has 0 spiro atoms. The van der Waals surface area contributed by atoms with Crippen LogP contribution in [0.4, 0.5) is 4.39 Å². The van der Waals surface area contributed by atoms with Crippen molar-refractivity contribution in [1.82, 2.24) is 5.32 Å². The molecule has 3 rings (SSSR count). The first-order valence-corrected chi connectivity index (χ1v) is 9.64. The largest absolute Gasteiger partial charge is 0.312 e. The molecule has 3 heteroatoms. The van der Waals surface area contributed by atoms with Gasteiger partial charge in [-0.25, -0.2) is 4.39 Å². The monoisotopic (exact) mass is 337 g/mol. The van der Waals surface area contributed by atoms with Crippen molar-refractivity contribution < 1.29 is 4.39 Å². The van der Waals surface area contributed by atoms with E-state index in [9.17, 15) is 4.39 Å². The van der Waals surface area contributed by atoms with Crippen molar-refractivity contribution in [3.63, 3.8) is 0 Å². The molecule has 128 valence electrons. The molecule has 2 aliphatic carbocycles. The molecular formula is C20H29ClFN. The zero-order valence-corrected chi connectivity index (χ0v) is 15.0. The average molecular weight is 338 g/mol. The van der Waals surface area contributed by atoms with Crippen LogP contribution in [0.5, 0.6) is 0 Å². The van der Waals surface area contributed by atoms with Crippen LogP contribution in [0.1, 0.15) is 76.2 Å². The Morgan fingerprint density at radius 2 is 1.87 bits per heavy atom. The van der Waals surface area contributed by atoms with Crippen molar-refractivity contribution >= 4 is 11.6 Å². The van der Waals surface area contributed by atoms with Gasteiger partial charge >= 0.3 is 0 Å². The highest BCUT2D eigenvalue weighted by molar-refractivity contribution is 6.31. The zero-order chi connectivity index (χ0) is 16.3. The van der Waals surface area contributed by atoms with Gasteiger partial charge in [0.2, 0.25) is 0 Å². The summed E-state index contributed by atoms with van der Waals surface area (Å²) in [7, 11) is 0. The summed E-state index contributed by atoms with van der Waals surface area (Å²) >= 11 is 6.22. The molecule has 0 heterocycles. The highest BCUT2D eigenvalue weighted by Gasteiger charge is 2.29. The third-order valence-electron chi connectivity index (χ3n) is 6.07. The van der Waals surface area contributed by atoms with E-state index in [1.165, 1.54) is 44.9 Å². The highest BCUT2D eigenvalue weighted by atomic mass is 35.5. The topological polar surface area (TPSA) is 12.0 Å². The number of benzene rings is 1. The molecule has 0 amide bonds. The molecule has 2 saturated carbocycles. The lowest BCUT2D eigenvalue weighted by atomic mass is 9.77. The van der Waals surface area contributed by atoms with Crippen LogP contribution in [-0.4, -0.2) is 12.1 Å². The van der Waals surface area contributed by atoms with Crippen LogP contribution in [0.15, 0.2) is 18.2 Å². The molecule has 1 aromatic rings. The van der Waals surface area contributed by atoms with Crippen molar-refractivity contribution in [2.75, 3.05) is 6.54 Å². The molecule has 0 atom stereocenters. The first kappa shape index (κ1) is 17.2. The SMILES string of the molecule is CC1(NCCC2CCC(c3c(F)cccc3Cl)CC2)CCCC1. The number of rotatable bonds is 5. The van der Waals surface area contributed by atoms with E-state index in [1.54, 1.807) is 12.1 Å². The summed E-state index contributed by atoms with van der Waals surface area (Å²) in [6.45, 7) is 3.50. The van der Waals surface area contributed by atoms with Gasteiger partial charge in [0.15, 0.2) is 0 Å². The second-order valence-electron chi connectivity index (χ2n) is 7.84. The maximum absolute atomic E-state index is 14.1. The molecule has 0 bridgehead atoms. The Kier molecular flexibility index (Phi) is 5.64. The fraction of sp³-hybridized carbons (Fsp3) is 0.700. The van der Waals surface area contributed by atoms with Gasteiger partial charge in [0, 0.05) is 16.1 Å². The second-order valence-corrected chi connectivity index (χ2v) is 8.24. The van der Waals surface area contributed by atoms with Crippen molar-refractivity contribution in [2.45, 2.75) is 76.2 Å². The molecular weight excluding hydrogens is 309 g/mol. The average Bonchev–Trinajstić information content (AvgIpc) is 2.95. The van der Waals surface area contributed by atoms with Crippen LogP contribution in [0, 0.1) is 11.7 Å². The molecule has 0 radical (unpaired) electrons. The molecule has 23 heavy (non-hydrogen) atoms. The molecule has 0 unspecified atom stereocenters.